The smallest absolute Gasteiger partial charge is 0.256 e. The van der Waals surface area contributed by atoms with E-state index < -0.39 is 0 Å². The van der Waals surface area contributed by atoms with E-state index in [9.17, 15) is 9.59 Å². The quantitative estimate of drug-likeness (QED) is 0.576. The number of hydrogen-bond acceptors (Lipinski definition) is 3. The van der Waals surface area contributed by atoms with E-state index in [-0.39, 0.29) is 17.7 Å². The maximum Gasteiger partial charge on any atom is 0.256 e. The highest BCUT2D eigenvalue weighted by atomic mass is 79.9. The molecule has 148 valence electrons. The minimum Gasteiger partial charge on any atom is -0.326 e. The Hall–Kier alpha value is -2.93. The standard InChI is InChI=1S/C22H21BrN4O2/c1-14-11-19(14)22(29)25-18-4-2-3-16(12-18)21(28)26-20-9-10-24-27(20)13-15-5-7-17(23)8-6-15/h2-10,12,14,19H,11,13H2,1H3,(H,25,29)(H,26,28). The van der Waals surface area contributed by atoms with Crippen LogP contribution in [0.2, 0.25) is 0 Å². The molecule has 2 aromatic carbocycles. The van der Waals surface area contributed by atoms with E-state index in [0.29, 0.717) is 29.5 Å². The lowest BCUT2D eigenvalue weighted by Crippen LogP contribution is -2.17. The van der Waals surface area contributed by atoms with Gasteiger partial charge in [-0.1, -0.05) is 41.1 Å². The molecule has 1 aliphatic rings. The Balaban J connectivity index is 1.43. The van der Waals surface area contributed by atoms with Crippen LogP contribution in [0.3, 0.4) is 0 Å². The number of halogens is 1. The predicted molar refractivity (Wildman–Crippen MR) is 116 cm³/mol. The summed E-state index contributed by atoms with van der Waals surface area (Å²) in [5, 5.41) is 10.1. The molecule has 1 aliphatic carbocycles. The van der Waals surface area contributed by atoms with Gasteiger partial charge in [0.25, 0.3) is 5.91 Å². The summed E-state index contributed by atoms with van der Waals surface area (Å²) in [7, 11) is 0. The van der Waals surface area contributed by atoms with E-state index in [1.165, 1.54) is 0 Å². The van der Waals surface area contributed by atoms with Gasteiger partial charge in [-0.3, -0.25) is 9.59 Å². The third-order valence-electron chi connectivity index (χ3n) is 5.04. The highest BCUT2D eigenvalue weighted by Gasteiger charge is 2.39. The van der Waals surface area contributed by atoms with Crippen LogP contribution in [-0.2, 0) is 11.3 Å². The number of benzene rings is 2. The molecule has 0 saturated heterocycles. The van der Waals surface area contributed by atoms with Gasteiger partial charge in [0.05, 0.1) is 12.7 Å². The first-order valence-corrected chi connectivity index (χ1v) is 10.3. The van der Waals surface area contributed by atoms with Crippen molar-refractivity contribution in [2.45, 2.75) is 19.9 Å². The molecule has 1 aromatic heterocycles. The van der Waals surface area contributed by atoms with Crippen molar-refractivity contribution in [2.24, 2.45) is 11.8 Å². The monoisotopic (exact) mass is 452 g/mol. The zero-order valence-electron chi connectivity index (χ0n) is 15.9. The summed E-state index contributed by atoms with van der Waals surface area (Å²) in [4.78, 5) is 24.9. The number of hydrogen-bond donors (Lipinski definition) is 2. The highest BCUT2D eigenvalue weighted by molar-refractivity contribution is 9.10. The van der Waals surface area contributed by atoms with Crippen LogP contribution in [0.5, 0.6) is 0 Å². The summed E-state index contributed by atoms with van der Waals surface area (Å²) in [6, 6.07) is 16.7. The largest absolute Gasteiger partial charge is 0.326 e. The zero-order valence-corrected chi connectivity index (χ0v) is 17.5. The van der Waals surface area contributed by atoms with Gasteiger partial charge >= 0.3 is 0 Å². The zero-order chi connectivity index (χ0) is 20.4. The second-order valence-electron chi connectivity index (χ2n) is 7.34. The van der Waals surface area contributed by atoms with Crippen LogP contribution in [0.1, 0.15) is 29.3 Å². The molecule has 0 bridgehead atoms. The average Bonchev–Trinajstić information content (AvgIpc) is 3.30. The molecule has 0 spiro atoms. The van der Waals surface area contributed by atoms with Crippen molar-refractivity contribution in [3.8, 4) is 0 Å². The minimum atomic E-state index is -0.251. The Bertz CT molecular complexity index is 1040. The van der Waals surface area contributed by atoms with Crippen molar-refractivity contribution in [1.82, 2.24) is 9.78 Å². The van der Waals surface area contributed by atoms with Gasteiger partial charge in [-0.05, 0) is 48.2 Å². The lowest BCUT2D eigenvalue weighted by molar-refractivity contribution is -0.117. The number of carbonyl (C=O) groups is 2. The van der Waals surface area contributed by atoms with E-state index in [4.69, 9.17) is 0 Å². The molecule has 7 heteroatoms. The van der Waals surface area contributed by atoms with Crippen LogP contribution in [0.25, 0.3) is 0 Å². The first kappa shape index (κ1) is 19.4. The lowest BCUT2D eigenvalue weighted by atomic mass is 10.2. The van der Waals surface area contributed by atoms with E-state index in [0.717, 1.165) is 16.5 Å². The molecular weight excluding hydrogens is 432 g/mol. The molecular formula is C22H21BrN4O2. The van der Waals surface area contributed by atoms with Crippen LogP contribution in [0.15, 0.2) is 65.3 Å². The van der Waals surface area contributed by atoms with Gasteiger partial charge in [-0.25, -0.2) is 4.68 Å². The van der Waals surface area contributed by atoms with Crippen LogP contribution >= 0.6 is 15.9 Å². The maximum absolute atomic E-state index is 12.7. The summed E-state index contributed by atoms with van der Waals surface area (Å²) < 4.78 is 2.75. The molecule has 2 atom stereocenters. The van der Waals surface area contributed by atoms with Crippen molar-refractivity contribution in [1.29, 1.82) is 0 Å². The fraction of sp³-hybridized carbons (Fsp3) is 0.227. The number of anilines is 2. The Labute approximate surface area is 177 Å². The molecule has 2 N–H and O–H groups in total. The Morgan fingerprint density at radius 2 is 1.90 bits per heavy atom. The topological polar surface area (TPSA) is 76.0 Å². The number of rotatable bonds is 6. The van der Waals surface area contributed by atoms with Gasteiger partial charge in [-0.15, -0.1) is 0 Å². The Morgan fingerprint density at radius 1 is 1.14 bits per heavy atom. The highest BCUT2D eigenvalue weighted by Crippen LogP contribution is 2.38. The van der Waals surface area contributed by atoms with Gasteiger partial charge in [0.15, 0.2) is 0 Å². The van der Waals surface area contributed by atoms with Crippen LogP contribution in [0.4, 0.5) is 11.5 Å². The molecule has 6 nitrogen and oxygen atoms in total. The third-order valence-corrected chi connectivity index (χ3v) is 5.57. The molecule has 1 fully saturated rings. The van der Waals surface area contributed by atoms with E-state index >= 15 is 0 Å². The molecule has 2 unspecified atom stereocenters. The lowest BCUT2D eigenvalue weighted by Gasteiger charge is -2.10. The van der Waals surface area contributed by atoms with Gasteiger partial charge in [0.2, 0.25) is 5.91 Å². The number of carbonyl (C=O) groups excluding carboxylic acids is 2. The van der Waals surface area contributed by atoms with Gasteiger partial charge in [0, 0.05) is 27.7 Å². The van der Waals surface area contributed by atoms with Crippen molar-refractivity contribution in [3.05, 3.63) is 76.4 Å². The van der Waals surface area contributed by atoms with Crippen molar-refractivity contribution < 1.29 is 9.59 Å². The minimum absolute atomic E-state index is 0.0163. The Morgan fingerprint density at radius 3 is 2.62 bits per heavy atom. The maximum atomic E-state index is 12.7. The predicted octanol–water partition coefficient (Wildman–Crippen LogP) is 4.54. The van der Waals surface area contributed by atoms with E-state index in [1.807, 2.05) is 24.3 Å². The van der Waals surface area contributed by atoms with E-state index in [1.54, 1.807) is 41.2 Å². The molecule has 1 heterocycles. The molecule has 1 saturated carbocycles. The fourth-order valence-electron chi connectivity index (χ4n) is 3.18. The van der Waals surface area contributed by atoms with Gasteiger partial charge in [0.1, 0.15) is 5.82 Å². The number of nitrogens with one attached hydrogen (secondary N) is 2. The number of nitrogens with zero attached hydrogens (tertiary/aromatic N) is 2. The molecule has 2 amide bonds. The SMILES string of the molecule is CC1CC1C(=O)Nc1cccc(C(=O)Nc2ccnn2Cc2ccc(Br)cc2)c1. The average molecular weight is 453 g/mol. The van der Waals surface area contributed by atoms with Crippen molar-refractivity contribution in [2.75, 3.05) is 10.6 Å². The normalized spacial score (nSPS) is 17.6. The summed E-state index contributed by atoms with van der Waals surface area (Å²) in [5.41, 5.74) is 2.18. The third kappa shape index (κ3) is 4.74. The van der Waals surface area contributed by atoms with Crippen LogP contribution in [-0.4, -0.2) is 21.6 Å². The second-order valence-corrected chi connectivity index (χ2v) is 8.26. The Kier molecular flexibility index (Phi) is 5.49. The molecule has 0 aliphatic heterocycles. The van der Waals surface area contributed by atoms with E-state index in [2.05, 4.69) is 38.6 Å². The number of aromatic nitrogens is 2. The van der Waals surface area contributed by atoms with Crippen molar-refractivity contribution >= 4 is 39.2 Å². The fourth-order valence-corrected chi connectivity index (χ4v) is 3.44. The van der Waals surface area contributed by atoms with Gasteiger partial charge < -0.3 is 10.6 Å². The summed E-state index contributed by atoms with van der Waals surface area (Å²) in [6.07, 6.45) is 2.58. The number of amides is 2. The van der Waals surface area contributed by atoms with Crippen LogP contribution in [0, 0.1) is 11.8 Å². The summed E-state index contributed by atoms with van der Waals surface area (Å²) in [6.45, 7) is 2.61. The van der Waals surface area contributed by atoms with Gasteiger partial charge in [-0.2, -0.15) is 5.10 Å². The molecule has 3 aromatic rings. The first-order valence-electron chi connectivity index (χ1n) is 9.48. The van der Waals surface area contributed by atoms with Crippen LogP contribution < -0.4 is 10.6 Å². The van der Waals surface area contributed by atoms with Crippen molar-refractivity contribution in [3.63, 3.8) is 0 Å². The summed E-state index contributed by atoms with van der Waals surface area (Å²) >= 11 is 3.43. The first-order chi connectivity index (χ1) is 14.0. The molecule has 4 rings (SSSR count). The second kappa shape index (κ2) is 8.21. The summed E-state index contributed by atoms with van der Waals surface area (Å²) in [5.74, 6) is 0.896. The molecule has 0 radical (unpaired) electrons. The molecule has 29 heavy (non-hydrogen) atoms.